The lowest BCUT2D eigenvalue weighted by Crippen LogP contribution is -2.40. The Hall–Kier alpha value is -1.56. The highest BCUT2D eigenvalue weighted by Crippen LogP contribution is 2.59. The Labute approximate surface area is 143 Å². The second-order valence-corrected chi connectivity index (χ2v) is 7.33. The van der Waals surface area contributed by atoms with Gasteiger partial charge in [0.05, 0.1) is 19.4 Å². The van der Waals surface area contributed by atoms with E-state index in [2.05, 4.69) is 15.9 Å². The van der Waals surface area contributed by atoms with Crippen molar-refractivity contribution in [3.8, 4) is 5.75 Å². The van der Waals surface area contributed by atoms with E-state index < -0.39 is 5.97 Å². The number of carboxylic acid groups (broad SMARTS) is 1. The van der Waals surface area contributed by atoms with Crippen LogP contribution in [0.3, 0.4) is 0 Å². The number of carbonyl (C=O) groups is 2. The zero-order valence-corrected chi connectivity index (χ0v) is 14.6. The van der Waals surface area contributed by atoms with Gasteiger partial charge in [-0.05, 0) is 48.4 Å². The summed E-state index contributed by atoms with van der Waals surface area (Å²) in [6.45, 7) is 1.31. The van der Waals surface area contributed by atoms with Crippen molar-refractivity contribution in [1.82, 2.24) is 4.90 Å². The number of carboxylic acids is 1. The fourth-order valence-corrected chi connectivity index (χ4v) is 3.93. The number of carbonyl (C=O) groups excluding carboxylic acids is 1. The first-order chi connectivity index (χ1) is 10.9. The number of amides is 1. The van der Waals surface area contributed by atoms with Gasteiger partial charge in [0.15, 0.2) is 0 Å². The molecule has 0 bridgehead atoms. The van der Waals surface area contributed by atoms with E-state index in [0.29, 0.717) is 19.5 Å². The average molecular weight is 382 g/mol. The molecule has 1 aliphatic carbocycles. The number of hydrogen-bond donors (Lipinski definition) is 1. The van der Waals surface area contributed by atoms with Crippen molar-refractivity contribution in [2.45, 2.75) is 25.7 Å². The minimum Gasteiger partial charge on any atom is -0.497 e. The summed E-state index contributed by atoms with van der Waals surface area (Å²) in [5, 5.41) is 9.12. The van der Waals surface area contributed by atoms with Crippen LogP contribution >= 0.6 is 15.9 Å². The minimum absolute atomic E-state index is 0.0425. The molecule has 0 aromatic heterocycles. The second kappa shape index (κ2) is 6.15. The molecule has 1 saturated heterocycles. The maximum absolute atomic E-state index is 12.5. The highest BCUT2D eigenvalue weighted by atomic mass is 79.9. The molecule has 0 radical (unpaired) electrons. The summed E-state index contributed by atoms with van der Waals surface area (Å²) >= 11 is 3.47. The van der Waals surface area contributed by atoms with Gasteiger partial charge < -0.3 is 14.7 Å². The second-order valence-electron chi connectivity index (χ2n) is 6.47. The molecule has 1 heterocycles. The van der Waals surface area contributed by atoms with Crippen LogP contribution < -0.4 is 4.74 Å². The third-order valence-electron chi connectivity index (χ3n) is 5.19. The molecular weight excluding hydrogens is 362 g/mol. The smallest absolute Gasteiger partial charge is 0.307 e. The number of likely N-dealkylation sites (tertiary alicyclic amines) is 1. The minimum atomic E-state index is -0.690. The highest BCUT2D eigenvalue weighted by molar-refractivity contribution is 9.10. The van der Waals surface area contributed by atoms with Crippen molar-refractivity contribution in [2.24, 2.45) is 11.3 Å². The van der Waals surface area contributed by atoms with Crippen molar-refractivity contribution >= 4 is 27.8 Å². The number of methoxy groups -OCH3 is 1. The largest absolute Gasteiger partial charge is 0.497 e. The Bertz CT molecular complexity index is 637. The number of aliphatic carboxylic acids is 1. The van der Waals surface area contributed by atoms with Gasteiger partial charge in [-0.1, -0.05) is 15.9 Å². The molecule has 23 heavy (non-hydrogen) atoms. The van der Waals surface area contributed by atoms with Gasteiger partial charge in [0.1, 0.15) is 5.75 Å². The van der Waals surface area contributed by atoms with Gasteiger partial charge in [-0.3, -0.25) is 9.59 Å². The molecular formula is C17H20BrNO4. The molecule has 6 heteroatoms. The SMILES string of the molecule is COc1ccc(Br)c(CC(=O)N2CCC3(CC2)CC3C(=O)O)c1. The van der Waals surface area contributed by atoms with Gasteiger partial charge in [0.2, 0.25) is 5.91 Å². The Morgan fingerprint density at radius 3 is 2.65 bits per heavy atom. The van der Waals surface area contributed by atoms with Gasteiger partial charge in [0, 0.05) is 17.6 Å². The quantitative estimate of drug-likeness (QED) is 0.870. The van der Waals surface area contributed by atoms with Crippen LogP contribution in [0.25, 0.3) is 0 Å². The average Bonchev–Trinajstić information content (AvgIpc) is 3.24. The van der Waals surface area contributed by atoms with E-state index in [-0.39, 0.29) is 17.2 Å². The fourth-order valence-electron chi connectivity index (χ4n) is 3.54. The molecule has 2 aliphatic rings. The third kappa shape index (κ3) is 3.22. The first kappa shape index (κ1) is 16.3. The van der Waals surface area contributed by atoms with Crippen LogP contribution in [0, 0.1) is 11.3 Å². The number of nitrogens with zero attached hydrogens (tertiary/aromatic N) is 1. The Kier molecular flexibility index (Phi) is 4.36. The predicted octanol–water partition coefficient (Wildman–Crippen LogP) is 2.71. The summed E-state index contributed by atoms with van der Waals surface area (Å²) in [6, 6.07) is 5.60. The first-order valence-electron chi connectivity index (χ1n) is 7.78. The Morgan fingerprint density at radius 2 is 2.09 bits per heavy atom. The summed E-state index contributed by atoms with van der Waals surface area (Å²) in [6.07, 6.45) is 2.70. The zero-order chi connectivity index (χ0) is 16.6. The topological polar surface area (TPSA) is 66.8 Å². The lowest BCUT2D eigenvalue weighted by atomic mass is 9.90. The molecule has 1 aromatic rings. The number of benzene rings is 1. The van der Waals surface area contributed by atoms with E-state index in [1.807, 2.05) is 23.1 Å². The van der Waals surface area contributed by atoms with E-state index >= 15 is 0 Å². The van der Waals surface area contributed by atoms with Crippen molar-refractivity contribution < 1.29 is 19.4 Å². The maximum Gasteiger partial charge on any atom is 0.307 e. The normalized spacial score (nSPS) is 22.0. The van der Waals surface area contributed by atoms with Crippen LogP contribution in [0.5, 0.6) is 5.75 Å². The summed E-state index contributed by atoms with van der Waals surface area (Å²) < 4.78 is 6.10. The molecule has 1 aromatic carbocycles. The van der Waals surface area contributed by atoms with E-state index in [1.165, 1.54) is 0 Å². The van der Waals surface area contributed by atoms with Crippen LogP contribution in [0.1, 0.15) is 24.8 Å². The van der Waals surface area contributed by atoms with Crippen LogP contribution in [0.2, 0.25) is 0 Å². The molecule has 1 unspecified atom stereocenters. The molecule has 1 atom stereocenters. The monoisotopic (exact) mass is 381 g/mol. The summed E-state index contributed by atoms with van der Waals surface area (Å²) in [5.74, 6) is -0.0745. The van der Waals surface area contributed by atoms with Gasteiger partial charge >= 0.3 is 5.97 Å². The molecule has 1 N–H and O–H groups in total. The Balaban J connectivity index is 1.59. The molecule has 1 saturated carbocycles. The van der Waals surface area contributed by atoms with E-state index in [9.17, 15) is 9.59 Å². The van der Waals surface area contributed by atoms with Crippen molar-refractivity contribution in [3.05, 3.63) is 28.2 Å². The summed E-state index contributed by atoms with van der Waals surface area (Å²) in [4.78, 5) is 25.5. The number of rotatable bonds is 4. The van der Waals surface area contributed by atoms with E-state index in [1.54, 1.807) is 7.11 Å². The van der Waals surface area contributed by atoms with Gasteiger partial charge in [0.25, 0.3) is 0 Å². The van der Waals surface area contributed by atoms with Crippen LogP contribution in [0.4, 0.5) is 0 Å². The molecule has 5 nitrogen and oxygen atoms in total. The lowest BCUT2D eigenvalue weighted by molar-refractivity contribution is -0.139. The summed E-state index contributed by atoms with van der Waals surface area (Å²) in [7, 11) is 1.60. The first-order valence-corrected chi connectivity index (χ1v) is 8.57. The summed E-state index contributed by atoms with van der Waals surface area (Å²) in [5.41, 5.74) is 0.864. The highest BCUT2D eigenvalue weighted by Gasteiger charge is 2.59. The number of halogens is 1. The van der Waals surface area contributed by atoms with E-state index in [0.717, 1.165) is 35.0 Å². The number of hydrogen-bond acceptors (Lipinski definition) is 3. The van der Waals surface area contributed by atoms with Crippen molar-refractivity contribution in [1.29, 1.82) is 0 Å². The lowest BCUT2D eigenvalue weighted by Gasteiger charge is -2.32. The van der Waals surface area contributed by atoms with Gasteiger partial charge in [-0.2, -0.15) is 0 Å². The van der Waals surface area contributed by atoms with Gasteiger partial charge in [-0.25, -0.2) is 0 Å². The molecule has 3 rings (SSSR count). The molecule has 1 aliphatic heterocycles. The van der Waals surface area contributed by atoms with Crippen LogP contribution in [0.15, 0.2) is 22.7 Å². The standard InChI is InChI=1S/C17H20BrNO4/c1-23-12-2-3-14(18)11(8-12)9-15(20)19-6-4-17(5-7-19)10-13(17)16(21)22/h2-3,8,13H,4-7,9-10H2,1H3,(H,21,22). The number of ether oxygens (including phenoxy) is 1. The third-order valence-corrected chi connectivity index (χ3v) is 5.97. The fraction of sp³-hybridized carbons (Fsp3) is 0.529. The van der Waals surface area contributed by atoms with Crippen molar-refractivity contribution in [2.75, 3.05) is 20.2 Å². The number of piperidine rings is 1. The zero-order valence-electron chi connectivity index (χ0n) is 13.0. The van der Waals surface area contributed by atoms with Crippen molar-refractivity contribution in [3.63, 3.8) is 0 Å². The molecule has 1 amide bonds. The molecule has 2 fully saturated rings. The van der Waals surface area contributed by atoms with Gasteiger partial charge in [-0.15, -0.1) is 0 Å². The maximum atomic E-state index is 12.5. The molecule has 124 valence electrons. The van der Waals surface area contributed by atoms with Crippen LogP contribution in [-0.4, -0.2) is 42.1 Å². The molecule has 1 spiro atoms. The van der Waals surface area contributed by atoms with Crippen LogP contribution in [-0.2, 0) is 16.0 Å². The Morgan fingerprint density at radius 1 is 1.39 bits per heavy atom. The van der Waals surface area contributed by atoms with E-state index in [4.69, 9.17) is 9.84 Å². The predicted molar refractivity (Wildman–Crippen MR) is 88.4 cm³/mol.